The Bertz CT molecular complexity index is 221. The average Bonchev–Trinajstić information content (AvgIpc) is 2.51. The Morgan fingerprint density at radius 1 is 1.18 bits per heavy atom. The zero-order valence-corrected chi connectivity index (χ0v) is 10.2. The van der Waals surface area contributed by atoms with E-state index in [4.69, 9.17) is 0 Å². The maximum Gasteiger partial charge on any atom is 0.319 e. The van der Waals surface area contributed by atoms with Crippen molar-refractivity contribution in [2.45, 2.75) is 63.8 Å². The Kier molecular flexibility index (Phi) is 5.70. The van der Waals surface area contributed by atoms with E-state index in [-0.39, 0.29) is 6.04 Å². The molecule has 0 bridgehead atoms. The van der Waals surface area contributed by atoms with Crippen molar-refractivity contribution in [3.8, 4) is 0 Å². The van der Waals surface area contributed by atoms with E-state index in [9.17, 15) is 17.6 Å². The fourth-order valence-corrected chi connectivity index (χ4v) is 2.35. The van der Waals surface area contributed by atoms with E-state index in [2.05, 4.69) is 12.2 Å². The molecular weight excluding hydrogens is 234 g/mol. The fraction of sp³-hybridized carbons (Fsp3) is 1.00. The maximum absolute atomic E-state index is 12.7. The Balaban J connectivity index is 2.32. The molecule has 2 atom stereocenters. The van der Waals surface area contributed by atoms with Gasteiger partial charge in [0.05, 0.1) is 6.54 Å². The van der Waals surface area contributed by atoms with Crippen LogP contribution >= 0.6 is 0 Å². The summed E-state index contributed by atoms with van der Waals surface area (Å²) >= 11 is 0. The third-order valence-corrected chi connectivity index (χ3v) is 3.61. The quantitative estimate of drug-likeness (QED) is 0.581. The highest BCUT2D eigenvalue weighted by Gasteiger charge is 2.40. The van der Waals surface area contributed by atoms with E-state index in [0.717, 1.165) is 38.5 Å². The van der Waals surface area contributed by atoms with Gasteiger partial charge in [-0.1, -0.05) is 26.2 Å². The molecule has 0 heterocycles. The molecule has 0 aromatic carbocycles. The van der Waals surface area contributed by atoms with Gasteiger partial charge in [0, 0.05) is 6.04 Å². The van der Waals surface area contributed by atoms with Crippen LogP contribution in [0.3, 0.4) is 0 Å². The van der Waals surface area contributed by atoms with Crippen LogP contribution < -0.4 is 5.32 Å². The summed E-state index contributed by atoms with van der Waals surface area (Å²) in [7, 11) is 0. The fourth-order valence-electron chi connectivity index (χ4n) is 2.35. The van der Waals surface area contributed by atoms with E-state index in [1.807, 2.05) is 0 Å². The predicted molar refractivity (Wildman–Crippen MR) is 59.6 cm³/mol. The summed E-state index contributed by atoms with van der Waals surface area (Å²) in [6.07, 6.45) is 2.29. The summed E-state index contributed by atoms with van der Waals surface area (Å²) in [5.74, 6) is -3.24. The third-order valence-electron chi connectivity index (χ3n) is 3.61. The molecule has 17 heavy (non-hydrogen) atoms. The van der Waals surface area contributed by atoms with Gasteiger partial charge in [-0.05, 0) is 25.2 Å². The maximum atomic E-state index is 12.7. The molecule has 1 aliphatic carbocycles. The lowest BCUT2D eigenvalue weighted by atomic mass is 9.98. The Morgan fingerprint density at radius 3 is 2.47 bits per heavy atom. The number of hydrogen-bond acceptors (Lipinski definition) is 1. The van der Waals surface area contributed by atoms with Crippen molar-refractivity contribution in [2.24, 2.45) is 5.92 Å². The molecule has 0 saturated heterocycles. The van der Waals surface area contributed by atoms with Gasteiger partial charge in [0.1, 0.15) is 0 Å². The molecule has 1 aliphatic rings. The first-order valence-corrected chi connectivity index (χ1v) is 6.35. The zero-order valence-electron chi connectivity index (χ0n) is 10.2. The van der Waals surface area contributed by atoms with Crippen LogP contribution in [-0.2, 0) is 0 Å². The van der Waals surface area contributed by atoms with Gasteiger partial charge in [0.15, 0.2) is 0 Å². The lowest BCUT2D eigenvalue weighted by Crippen LogP contribution is -2.43. The van der Waals surface area contributed by atoms with Crippen LogP contribution in [0.4, 0.5) is 17.6 Å². The molecule has 1 nitrogen and oxygen atoms in total. The average molecular weight is 255 g/mol. The topological polar surface area (TPSA) is 12.0 Å². The van der Waals surface area contributed by atoms with Gasteiger partial charge in [-0.3, -0.25) is 0 Å². The van der Waals surface area contributed by atoms with Gasteiger partial charge in [-0.2, -0.15) is 8.78 Å². The van der Waals surface area contributed by atoms with E-state index in [1.165, 1.54) is 0 Å². The summed E-state index contributed by atoms with van der Waals surface area (Å²) in [6, 6.07) is -0.0313. The molecule has 2 unspecified atom stereocenters. The molecule has 1 rings (SSSR count). The second-order valence-corrected chi connectivity index (χ2v) is 4.92. The molecule has 0 aliphatic heterocycles. The van der Waals surface area contributed by atoms with E-state index < -0.39 is 18.9 Å². The van der Waals surface area contributed by atoms with Crippen LogP contribution in [0.25, 0.3) is 0 Å². The molecule has 1 N–H and O–H groups in total. The summed E-state index contributed by atoms with van der Waals surface area (Å²) in [6.45, 7) is 1.22. The highest BCUT2D eigenvalue weighted by Crippen LogP contribution is 2.27. The molecule has 102 valence electrons. The number of alkyl halides is 4. The van der Waals surface area contributed by atoms with E-state index in [0.29, 0.717) is 5.92 Å². The summed E-state index contributed by atoms with van der Waals surface area (Å²) < 4.78 is 49.4. The van der Waals surface area contributed by atoms with Crippen molar-refractivity contribution < 1.29 is 17.6 Å². The number of nitrogens with one attached hydrogen (secondary N) is 1. The van der Waals surface area contributed by atoms with Crippen LogP contribution in [0.2, 0.25) is 0 Å². The van der Waals surface area contributed by atoms with Gasteiger partial charge in [0.25, 0.3) is 0 Å². The van der Waals surface area contributed by atoms with Crippen molar-refractivity contribution in [3.05, 3.63) is 0 Å². The van der Waals surface area contributed by atoms with Crippen molar-refractivity contribution in [1.29, 1.82) is 0 Å². The minimum absolute atomic E-state index is 0.0313. The van der Waals surface area contributed by atoms with Crippen LogP contribution in [0, 0.1) is 5.92 Å². The van der Waals surface area contributed by atoms with Crippen molar-refractivity contribution in [2.75, 3.05) is 6.54 Å². The highest BCUT2D eigenvalue weighted by molar-refractivity contribution is 4.79. The summed E-state index contributed by atoms with van der Waals surface area (Å²) in [4.78, 5) is 0. The summed E-state index contributed by atoms with van der Waals surface area (Å²) in [5, 5.41) is 2.60. The first-order chi connectivity index (χ1) is 7.95. The number of hydrogen-bond donors (Lipinski definition) is 1. The monoisotopic (exact) mass is 255 g/mol. The first-order valence-electron chi connectivity index (χ1n) is 6.35. The lowest BCUT2D eigenvalue weighted by Gasteiger charge is -2.21. The second-order valence-electron chi connectivity index (χ2n) is 4.92. The molecule has 1 saturated carbocycles. The van der Waals surface area contributed by atoms with E-state index >= 15 is 0 Å². The molecular formula is C12H21F4N. The minimum atomic E-state index is -3.91. The molecule has 0 amide bonds. The van der Waals surface area contributed by atoms with Crippen molar-refractivity contribution >= 4 is 0 Å². The van der Waals surface area contributed by atoms with Gasteiger partial charge in [-0.25, -0.2) is 8.78 Å². The molecule has 0 aromatic heterocycles. The third kappa shape index (κ3) is 4.82. The van der Waals surface area contributed by atoms with Gasteiger partial charge in [0.2, 0.25) is 0 Å². The molecule has 0 radical (unpaired) electrons. The SMILES string of the molecule is CCC1CCCC(NCC(F)(F)C(F)F)CC1. The van der Waals surface area contributed by atoms with Crippen LogP contribution in [0.1, 0.15) is 45.4 Å². The molecule has 0 aromatic rings. The predicted octanol–water partition coefficient (Wildman–Crippen LogP) is 3.84. The first kappa shape index (κ1) is 14.7. The van der Waals surface area contributed by atoms with Gasteiger partial charge in [-0.15, -0.1) is 0 Å². The Labute approximate surface area is 100.0 Å². The van der Waals surface area contributed by atoms with Gasteiger partial charge < -0.3 is 5.32 Å². The highest BCUT2D eigenvalue weighted by atomic mass is 19.3. The zero-order chi connectivity index (χ0) is 12.9. The number of rotatable bonds is 5. The largest absolute Gasteiger partial charge is 0.319 e. The normalized spacial score (nSPS) is 27.2. The lowest BCUT2D eigenvalue weighted by molar-refractivity contribution is -0.126. The van der Waals surface area contributed by atoms with E-state index in [1.54, 1.807) is 0 Å². The van der Waals surface area contributed by atoms with Gasteiger partial charge >= 0.3 is 12.3 Å². The van der Waals surface area contributed by atoms with Crippen LogP contribution in [-0.4, -0.2) is 24.9 Å². The smallest absolute Gasteiger partial charge is 0.308 e. The second kappa shape index (κ2) is 6.57. The molecule has 1 fully saturated rings. The van der Waals surface area contributed by atoms with Crippen LogP contribution in [0.5, 0.6) is 0 Å². The minimum Gasteiger partial charge on any atom is -0.308 e. The van der Waals surface area contributed by atoms with Crippen molar-refractivity contribution in [1.82, 2.24) is 5.32 Å². The Morgan fingerprint density at radius 2 is 1.88 bits per heavy atom. The van der Waals surface area contributed by atoms with Crippen LogP contribution in [0.15, 0.2) is 0 Å². The van der Waals surface area contributed by atoms with Crippen molar-refractivity contribution in [3.63, 3.8) is 0 Å². The standard InChI is InChI=1S/C12H21F4N/c1-2-9-4-3-5-10(7-6-9)17-8-12(15,16)11(13)14/h9-11,17H,2-8H2,1H3. The number of halogens is 4. The summed E-state index contributed by atoms with van der Waals surface area (Å²) in [5.41, 5.74) is 0. The molecule has 5 heteroatoms. The Hall–Kier alpha value is -0.320. The molecule has 0 spiro atoms.